The first-order chi connectivity index (χ1) is 8.02. The van der Waals surface area contributed by atoms with E-state index in [0.717, 1.165) is 0 Å². The molecule has 17 heavy (non-hydrogen) atoms. The minimum absolute atomic E-state index is 0.0174. The van der Waals surface area contributed by atoms with E-state index in [9.17, 15) is 14.7 Å². The third kappa shape index (κ3) is 1.94. The third-order valence-corrected chi connectivity index (χ3v) is 4.52. The summed E-state index contributed by atoms with van der Waals surface area (Å²) in [4.78, 5) is 24.4. The smallest absolute Gasteiger partial charge is 0.329 e. The van der Waals surface area contributed by atoms with Gasteiger partial charge in [-0.15, -0.1) is 11.8 Å². The molecule has 0 saturated carbocycles. The molecule has 3 N–H and O–H groups in total. The van der Waals surface area contributed by atoms with Crippen LogP contribution in [0, 0.1) is 6.92 Å². The van der Waals surface area contributed by atoms with Crippen molar-refractivity contribution in [3.63, 3.8) is 0 Å². The Morgan fingerprint density at radius 1 is 1.59 bits per heavy atom. The van der Waals surface area contributed by atoms with Gasteiger partial charge in [0.1, 0.15) is 4.87 Å². The highest BCUT2D eigenvalue weighted by Crippen LogP contribution is 2.49. The average molecular weight is 258 g/mol. The molecule has 6 nitrogen and oxygen atoms in total. The standard InChI is InChI=1S/C10H14N2O4S/c1-6-3-12(9(16)11-8(6)15)10(5-14)2-7(4-13)17-10/h3,7,13-14H,2,4-5H2,1H3,(H,11,15,16). The molecule has 7 heteroatoms. The minimum Gasteiger partial charge on any atom is -0.395 e. The van der Waals surface area contributed by atoms with Crippen LogP contribution >= 0.6 is 11.8 Å². The second-order valence-electron chi connectivity index (χ2n) is 4.17. The van der Waals surface area contributed by atoms with Gasteiger partial charge < -0.3 is 10.2 Å². The second-order valence-corrected chi connectivity index (χ2v) is 5.83. The van der Waals surface area contributed by atoms with Crippen LogP contribution in [0.25, 0.3) is 0 Å². The average Bonchev–Trinajstić information content (AvgIpc) is 2.24. The van der Waals surface area contributed by atoms with Crippen LogP contribution in [0.3, 0.4) is 0 Å². The summed E-state index contributed by atoms with van der Waals surface area (Å²) in [5, 5.41) is 18.4. The Bertz CT molecular complexity index is 530. The van der Waals surface area contributed by atoms with Gasteiger partial charge in [0.2, 0.25) is 0 Å². The van der Waals surface area contributed by atoms with Crippen molar-refractivity contribution in [2.45, 2.75) is 23.5 Å². The topological polar surface area (TPSA) is 95.3 Å². The molecule has 1 aromatic rings. The SMILES string of the molecule is Cc1cn(C2(CO)CC(CO)S2)c(=O)[nH]c1=O. The fraction of sp³-hybridized carbons (Fsp3) is 0.600. The van der Waals surface area contributed by atoms with Gasteiger partial charge in [-0.05, 0) is 13.3 Å². The Balaban J connectivity index is 2.43. The van der Waals surface area contributed by atoms with Gasteiger partial charge in [0.15, 0.2) is 0 Å². The van der Waals surface area contributed by atoms with Crippen molar-refractivity contribution >= 4 is 11.8 Å². The third-order valence-electron chi connectivity index (χ3n) is 2.94. The van der Waals surface area contributed by atoms with Gasteiger partial charge in [-0.25, -0.2) is 4.79 Å². The van der Waals surface area contributed by atoms with Crippen molar-refractivity contribution in [2.24, 2.45) is 0 Å². The van der Waals surface area contributed by atoms with Gasteiger partial charge >= 0.3 is 5.69 Å². The molecule has 2 heterocycles. The van der Waals surface area contributed by atoms with Crippen molar-refractivity contribution in [1.82, 2.24) is 9.55 Å². The van der Waals surface area contributed by atoms with E-state index in [0.29, 0.717) is 12.0 Å². The molecule has 0 aliphatic carbocycles. The summed E-state index contributed by atoms with van der Waals surface area (Å²) >= 11 is 1.34. The van der Waals surface area contributed by atoms with Crippen LogP contribution in [-0.4, -0.2) is 38.2 Å². The van der Waals surface area contributed by atoms with Gasteiger partial charge in [0.25, 0.3) is 5.56 Å². The van der Waals surface area contributed by atoms with Gasteiger partial charge in [0, 0.05) is 17.0 Å². The lowest BCUT2D eigenvalue weighted by molar-refractivity contribution is 0.160. The number of aromatic amines is 1. The van der Waals surface area contributed by atoms with Crippen LogP contribution in [0.15, 0.2) is 15.8 Å². The molecule has 94 valence electrons. The van der Waals surface area contributed by atoms with Crippen molar-refractivity contribution in [3.8, 4) is 0 Å². The molecule has 1 fully saturated rings. The van der Waals surface area contributed by atoms with E-state index < -0.39 is 16.1 Å². The maximum atomic E-state index is 11.7. The van der Waals surface area contributed by atoms with Crippen molar-refractivity contribution < 1.29 is 10.2 Å². The molecule has 1 aliphatic heterocycles. The summed E-state index contributed by atoms with van der Waals surface area (Å²) in [6.45, 7) is 1.41. The molecule has 0 spiro atoms. The summed E-state index contributed by atoms with van der Waals surface area (Å²) in [5.74, 6) is 0. The molecule has 0 amide bonds. The minimum atomic E-state index is -0.751. The zero-order chi connectivity index (χ0) is 12.6. The highest BCUT2D eigenvalue weighted by atomic mass is 32.2. The number of aliphatic hydroxyl groups excluding tert-OH is 2. The van der Waals surface area contributed by atoms with Crippen LogP contribution in [0.1, 0.15) is 12.0 Å². The first kappa shape index (κ1) is 12.4. The molecule has 1 aromatic heterocycles. The van der Waals surface area contributed by atoms with E-state index in [1.807, 2.05) is 0 Å². The van der Waals surface area contributed by atoms with Crippen molar-refractivity contribution in [2.75, 3.05) is 13.2 Å². The summed E-state index contributed by atoms with van der Waals surface area (Å²) in [6, 6.07) is 0. The largest absolute Gasteiger partial charge is 0.395 e. The summed E-state index contributed by atoms with van der Waals surface area (Å²) < 4.78 is 1.35. The predicted molar refractivity (Wildman–Crippen MR) is 64.2 cm³/mol. The number of aryl methyl sites for hydroxylation is 1. The van der Waals surface area contributed by atoms with E-state index >= 15 is 0 Å². The number of thioether (sulfide) groups is 1. The van der Waals surface area contributed by atoms with Gasteiger partial charge in [-0.2, -0.15) is 0 Å². The Morgan fingerprint density at radius 2 is 2.24 bits per heavy atom. The molecule has 2 rings (SSSR count). The first-order valence-corrected chi connectivity index (χ1v) is 6.13. The molecule has 1 aliphatic rings. The number of hydrogen-bond acceptors (Lipinski definition) is 5. The lowest BCUT2D eigenvalue weighted by atomic mass is 10.1. The Kier molecular flexibility index (Phi) is 3.15. The molecule has 2 unspecified atom stereocenters. The fourth-order valence-electron chi connectivity index (χ4n) is 1.96. The van der Waals surface area contributed by atoms with E-state index in [1.54, 1.807) is 6.92 Å². The van der Waals surface area contributed by atoms with Crippen LogP contribution in [0.4, 0.5) is 0 Å². The predicted octanol–water partition coefficient (Wildman–Crippen LogP) is -1.01. The summed E-state index contributed by atoms with van der Waals surface area (Å²) in [5.41, 5.74) is -0.522. The lowest BCUT2D eigenvalue weighted by Gasteiger charge is -2.46. The number of nitrogens with one attached hydrogen (secondary N) is 1. The maximum Gasteiger partial charge on any atom is 0.329 e. The Labute approximate surface area is 101 Å². The quantitative estimate of drug-likeness (QED) is 0.645. The summed E-state index contributed by atoms with van der Waals surface area (Å²) in [6.07, 6.45) is 1.97. The van der Waals surface area contributed by atoms with Gasteiger partial charge in [-0.1, -0.05) is 0 Å². The Hall–Kier alpha value is -1.05. The zero-order valence-corrected chi connectivity index (χ0v) is 10.2. The van der Waals surface area contributed by atoms with Crippen LogP contribution in [0.5, 0.6) is 0 Å². The number of H-pyrrole nitrogens is 1. The van der Waals surface area contributed by atoms with E-state index in [2.05, 4.69) is 4.98 Å². The van der Waals surface area contributed by atoms with Crippen LogP contribution in [0.2, 0.25) is 0 Å². The molecule has 0 aromatic carbocycles. The number of rotatable bonds is 3. The van der Waals surface area contributed by atoms with Gasteiger partial charge in [0.05, 0.1) is 13.2 Å². The second kappa shape index (κ2) is 4.32. The summed E-state index contributed by atoms with van der Waals surface area (Å²) in [7, 11) is 0. The molecule has 0 bridgehead atoms. The normalized spacial score (nSPS) is 27.8. The monoisotopic (exact) mass is 258 g/mol. The molecular weight excluding hydrogens is 244 g/mol. The highest BCUT2D eigenvalue weighted by Gasteiger charge is 2.46. The van der Waals surface area contributed by atoms with Crippen molar-refractivity contribution in [3.05, 3.63) is 32.6 Å². The van der Waals surface area contributed by atoms with Crippen LogP contribution in [-0.2, 0) is 4.87 Å². The number of aromatic nitrogens is 2. The van der Waals surface area contributed by atoms with E-state index in [-0.39, 0.29) is 18.5 Å². The first-order valence-electron chi connectivity index (χ1n) is 5.25. The number of nitrogens with zero attached hydrogens (tertiary/aromatic N) is 1. The van der Waals surface area contributed by atoms with E-state index in [4.69, 9.17) is 5.11 Å². The highest BCUT2D eigenvalue weighted by molar-refractivity contribution is 8.02. The maximum absolute atomic E-state index is 11.7. The van der Waals surface area contributed by atoms with Gasteiger partial charge in [-0.3, -0.25) is 14.3 Å². The lowest BCUT2D eigenvalue weighted by Crippen LogP contribution is -2.53. The Morgan fingerprint density at radius 3 is 2.76 bits per heavy atom. The number of hydrogen-bond donors (Lipinski definition) is 3. The fourth-order valence-corrected chi connectivity index (χ4v) is 3.34. The molecule has 2 atom stereocenters. The van der Waals surface area contributed by atoms with E-state index in [1.165, 1.54) is 22.5 Å². The number of aliphatic hydroxyl groups is 2. The molecule has 0 radical (unpaired) electrons. The van der Waals surface area contributed by atoms with Crippen molar-refractivity contribution in [1.29, 1.82) is 0 Å². The van der Waals surface area contributed by atoms with Crippen LogP contribution < -0.4 is 11.2 Å². The zero-order valence-electron chi connectivity index (χ0n) is 9.34. The molecular formula is C10H14N2O4S. The molecule has 1 saturated heterocycles.